The number of hydrogen-bond acceptors (Lipinski definition) is 5. The molecule has 0 aliphatic carbocycles. The lowest BCUT2D eigenvalue weighted by atomic mass is 10.1. The van der Waals surface area contributed by atoms with Crippen molar-refractivity contribution in [3.8, 4) is 17.0 Å². The first kappa shape index (κ1) is 23.3. The zero-order valence-corrected chi connectivity index (χ0v) is 20.2. The van der Waals surface area contributed by atoms with Crippen molar-refractivity contribution in [2.75, 3.05) is 31.1 Å². The SMILES string of the molecule is CCc1ccc(-c2ccc(N3CCN(C(=O)C(C)Oc4ccc(Cl)cc4Cl)CC3)nn2)cc1. The van der Waals surface area contributed by atoms with Crippen molar-refractivity contribution in [2.45, 2.75) is 26.4 Å². The molecule has 1 aliphatic rings. The third-order valence-electron chi connectivity index (χ3n) is 5.77. The fourth-order valence-electron chi connectivity index (χ4n) is 3.78. The van der Waals surface area contributed by atoms with E-state index in [1.807, 2.05) is 17.0 Å². The summed E-state index contributed by atoms with van der Waals surface area (Å²) in [6.07, 6.45) is 0.368. The monoisotopic (exact) mass is 484 g/mol. The molecule has 1 aliphatic heterocycles. The van der Waals surface area contributed by atoms with Gasteiger partial charge in [-0.2, -0.15) is 0 Å². The Bertz CT molecular complexity index is 1100. The van der Waals surface area contributed by atoms with E-state index in [0.717, 1.165) is 23.5 Å². The summed E-state index contributed by atoms with van der Waals surface area (Å²) in [5, 5.41) is 9.74. The molecule has 1 aromatic heterocycles. The molecule has 172 valence electrons. The second kappa shape index (κ2) is 10.4. The number of halogens is 2. The summed E-state index contributed by atoms with van der Waals surface area (Å²) in [6, 6.07) is 17.3. The van der Waals surface area contributed by atoms with E-state index in [4.69, 9.17) is 27.9 Å². The number of hydrogen-bond donors (Lipinski definition) is 0. The normalized spacial score (nSPS) is 14.8. The average Bonchev–Trinajstić information content (AvgIpc) is 2.85. The molecule has 0 N–H and O–H groups in total. The minimum atomic E-state index is -0.645. The fourth-order valence-corrected chi connectivity index (χ4v) is 4.24. The van der Waals surface area contributed by atoms with Crippen LogP contribution in [-0.2, 0) is 11.2 Å². The molecule has 1 amide bonds. The van der Waals surface area contributed by atoms with Crippen LogP contribution >= 0.6 is 23.2 Å². The maximum Gasteiger partial charge on any atom is 0.263 e. The van der Waals surface area contributed by atoms with Crippen LogP contribution < -0.4 is 9.64 Å². The molecule has 1 fully saturated rings. The quantitative estimate of drug-likeness (QED) is 0.485. The van der Waals surface area contributed by atoms with Crippen LogP contribution in [0.2, 0.25) is 10.0 Å². The number of rotatable bonds is 6. The standard InChI is InChI=1S/C25H26Cl2N4O2/c1-3-18-4-6-19(7-5-18)22-9-11-24(29-28-22)30-12-14-31(15-13-30)25(32)17(2)33-23-10-8-20(26)16-21(23)27/h4-11,16-17H,3,12-15H2,1-2H3. The van der Waals surface area contributed by atoms with Gasteiger partial charge in [-0.05, 0) is 49.2 Å². The Morgan fingerprint density at radius 1 is 1.00 bits per heavy atom. The number of carbonyl (C=O) groups is 1. The minimum Gasteiger partial charge on any atom is -0.479 e. The highest BCUT2D eigenvalue weighted by molar-refractivity contribution is 6.35. The Hall–Kier alpha value is -2.83. The zero-order valence-electron chi connectivity index (χ0n) is 18.7. The Morgan fingerprint density at radius 2 is 1.73 bits per heavy atom. The summed E-state index contributed by atoms with van der Waals surface area (Å²) < 4.78 is 5.78. The molecule has 3 aromatic rings. The van der Waals surface area contributed by atoms with Gasteiger partial charge in [0.1, 0.15) is 5.75 Å². The zero-order chi connectivity index (χ0) is 23.4. The minimum absolute atomic E-state index is 0.0716. The Balaban J connectivity index is 1.32. The summed E-state index contributed by atoms with van der Waals surface area (Å²) in [6.45, 7) is 6.40. The van der Waals surface area contributed by atoms with E-state index in [-0.39, 0.29) is 5.91 Å². The molecule has 6 nitrogen and oxygen atoms in total. The number of aryl methyl sites for hydroxylation is 1. The number of carbonyl (C=O) groups excluding carboxylic acids is 1. The van der Waals surface area contributed by atoms with Crippen LogP contribution in [0.5, 0.6) is 5.75 Å². The van der Waals surface area contributed by atoms with Crippen molar-refractivity contribution in [1.29, 1.82) is 0 Å². The lowest BCUT2D eigenvalue weighted by Crippen LogP contribution is -2.52. The molecule has 33 heavy (non-hydrogen) atoms. The van der Waals surface area contributed by atoms with Crippen molar-refractivity contribution in [2.24, 2.45) is 0 Å². The van der Waals surface area contributed by atoms with Crippen LogP contribution in [-0.4, -0.2) is 53.3 Å². The van der Waals surface area contributed by atoms with Gasteiger partial charge in [-0.15, -0.1) is 10.2 Å². The summed E-state index contributed by atoms with van der Waals surface area (Å²) >= 11 is 12.1. The average molecular weight is 485 g/mol. The first-order chi connectivity index (χ1) is 15.9. The Labute approximate surface area is 204 Å². The van der Waals surface area contributed by atoms with Crippen molar-refractivity contribution < 1.29 is 9.53 Å². The molecule has 4 rings (SSSR count). The topological polar surface area (TPSA) is 58.6 Å². The van der Waals surface area contributed by atoms with Gasteiger partial charge in [0.2, 0.25) is 0 Å². The van der Waals surface area contributed by atoms with Crippen LogP contribution in [0.1, 0.15) is 19.4 Å². The molecule has 0 spiro atoms. The van der Waals surface area contributed by atoms with Gasteiger partial charge in [0.05, 0.1) is 10.7 Å². The Kier molecular flexibility index (Phi) is 7.36. The molecule has 2 aromatic carbocycles. The maximum atomic E-state index is 12.9. The highest BCUT2D eigenvalue weighted by Crippen LogP contribution is 2.28. The number of amides is 1. The second-order valence-electron chi connectivity index (χ2n) is 7.97. The van der Waals surface area contributed by atoms with E-state index in [1.165, 1.54) is 5.56 Å². The van der Waals surface area contributed by atoms with Crippen molar-refractivity contribution >= 4 is 34.9 Å². The highest BCUT2D eigenvalue weighted by Gasteiger charge is 2.27. The van der Waals surface area contributed by atoms with Gasteiger partial charge in [-0.1, -0.05) is 54.4 Å². The van der Waals surface area contributed by atoms with Gasteiger partial charge in [-0.3, -0.25) is 4.79 Å². The van der Waals surface area contributed by atoms with Crippen molar-refractivity contribution in [1.82, 2.24) is 15.1 Å². The lowest BCUT2D eigenvalue weighted by Gasteiger charge is -2.36. The van der Waals surface area contributed by atoms with E-state index < -0.39 is 6.10 Å². The molecule has 1 unspecified atom stereocenters. The molecule has 1 saturated heterocycles. The third-order valence-corrected chi connectivity index (χ3v) is 6.30. The first-order valence-electron chi connectivity index (χ1n) is 11.0. The smallest absolute Gasteiger partial charge is 0.263 e. The van der Waals surface area contributed by atoms with Gasteiger partial charge in [0, 0.05) is 36.8 Å². The van der Waals surface area contributed by atoms with Gasteiger partial charge in [0.25, 0.3) is 5.91 Å². The largest absolute Gasteiger partial charge is 0.479 e. The molecular weight excluding hydrogens is 459 g/mol. The van der Waals surface area contributed by atoms with E-state index in [2.05, 4.69) is 46.3 Å². The number of nitrogens with zero attached hydrogens (tertiary/aromatic N) is 4. The Morgan fingerprint density at radius 3 is 2.33 bits per heavy atom. The van der Waals surface area contributed by atoms with Gasteiger partial charge < -0.3 is 14.5 Å². The lowest BCUT2D eigenvalue weighted by molar-refractivity contribution is -0.138. The van der Waals surface area contributed by atoms with E-state index in [9.17, 15) is 4.79 Å². The van der Waals surface area contributed by atoms with E-state index in [0.29, 0.717) is 42.0 Å². The summed E-state index contributed by atoms with van der Waals surface area (Å²) in [5.74, 6) is 1.19. The molecule has 0 bridgehead atoms. The van der Waals surface area contributed by atoms with Gasteiger partial charge in [-0.25, -0.2) is 0 Å². The first-order valence-corrected chi connectivity index (χ1v) is 11.8. The summed E-state index contributed by atoms with van der Waals surface area (Å²) in [4.78, 5) is 16.8. The van der Waals surface area contributed by atoms with E-state index >= 15 is 0 Å². The van der Waals surface area contributed by atoms with Crippen LogP contribution in [0.4, 0.5) is 5.82 Å². The van der Waals surface area contributed by atoms with Crippen LogP contribution in [0, 0.1) is 0 Å². The van der Waals surface area contributed by atoms with Gasteiger partial charge >= 0.3 is 0 Å². The predicted molar refractivity (Wildman–Crippen MR) is 132 cm³/mol. The maximum absolute atomic E-state index is 12.9. The summed E-state index contributed by atoms with van der Waals surface area (Å²) in [5.41, 5.74) is 3.20. The fraction of sp³-hybridized carbons (Fsp3) is 0.320. The number of aromatic nitrogens is 2. The molecule has 0 radical (unpaired) electrons. The second-order valence-corrected chi connectivity index (χ2v) is 8.82. The number of piperazine rings is 1. The van der Waals surface area contributed by atoms with Crippen LogP contribution in [0.25, 0.3) is 11.3 Å². The molecule has 0 saturated carbocycles. The molecule has 2 heterocycles. The molecule has 1 atom stereocenters. The number of ether oxygens (including phenoxy) is 1. The summed E-state index contributed by atoms with van der Waals surface area (Å²) in [7, 11) is 0. The van der Waals surface area contributed by atoms with Crippen LogP contribution in [0.15, 0.2) is 54.6 Å². The van der Waals surface area contributed by atoms with E-state index in [1.54, 1.807) is 25.1 Å². The molecule has 8 heteroatoms. The third kappa shape index (κ3) is 5.57. The van der Waals surface area contributed by atoms with Crippen molar-refractivity contribution in [3.05, 3.63) is 70.2 Å². The predicted octanol–water partition coefficient (Wildman–Crippen LogP) is 5.13. The van der Waals surface area contributed by atoms with Crippen molar-refractivity contribution in [3.63, 3.8) is 0 Å². The van der Waals surface area contributed by atoms with Crippen LogP contribution in [0.3, 0.4) is 0 Å². The number of anilines is 1. The van der Waals surface area contributed by atoms with Gasteiger partial charge in [0.15, 0.2) is 11.9 Å². The number of benzene rings is 2. The molecular formula is C25H26Cl2N4O2. The highest BCUT2D eigenvalue weighted by atomic mass is 35.5.